The van der Waals surface area contributed by atoms with Gasteiger partial charge in [-0.3, -0.25) is 19.2 Å². The van der Waals surface area contributed by atoms with Gasteiger partial charge in [-0.1, -0.05) is 55.3 Å². The van der Waals surface area contributed by atoms with Crippen LogP contribution in [0.2, 0.25) is 0 Å². The summed E-state index contributed by atoms with van der Waals surface area (Å²) in [7, 11) is 0. The van der Waals surface area contributed by atoms with Gasteiger partial charge >= 0.3 is 11.9 Å². The van der Waals surface area contributed by atoms with E-state index in [0.29, 0.717) is 29.7 Å². The van der Waals surface area contributed by atoms with Crippen molar-refractivity contribution in [1.82, 2.24) is 20.1 Å². The number of carboxylic acids is 1. The molecule has 280 valence electrons. The van der Waals surface area contributed by atoms with E-state index in [1.54, 1.807) is 37.8 Å². The Hall–Kier alpha value is -5.00. The maximum absolute atomic E-state index is 14.5. The van der Waals surface area contributed by atoms with Crippen molar-refractivity contribution in [3.05, 3.63) is 72.2 Å². The molecule has 11 nitrogen and oxygen atoms in total. The molecule has 3 N–H and O–H groups in total. The summed E-state index contributed by atoms with van der Waals surface area (Å²) in [5.41, 5.74) is 0.199. The molecule has 6 atom stereocenters. The minimum absolute atomic E-state index is 0.130. The van der Waals surface area contributed by atoms with Crippen LogP contribution in [0.4, 0.5) is 4.39 Å². The van der Waals surface area contributed by atoms with Gasteiger partial charge in [-0.2, -0.15) is 0 Å². The molecule has 4 heterocycles. The fourth-order valence-electron chi connectivity index (χ4n) is 8.63. The predicted molar refractivity (Wildman–Crippen MR) is 195 cm³/mol. The van der Waals surface area contributed by atoms with E-state index in [4.69, 9.17) is 4.74 Å². The Balaban J connectivity index is 1.20. The summed E-state index contributed by atoms with van der Waals surface area (Å²) in [6.45, 7) is 5.91. The largest absolute Gasteiger partial charge is 0.479 e. The molecular weight excluding hydrogens is 679 g/mol. The molecule has 0 spiro atoms. The fraction of sp³-hybridized carbons (Fsp3) is 0.488. The van der Waals surface area contributed by atoms with Crippen LogP contribution in [0.25, 0.3) is 22.0 Å². The van der Waals surface area contributed by atoms with Crippen molar-refractivity contribution in [3.63, 3.8) is 0 Å². The van der Waals surface area contributed by atoms with E-state index in [2.05, 4.69) is 10.3 Å². The highest BCUT2D eigenvalue weighted by Crippen LogP contribution is 2.47. The van der Waals surface area contributed by atoms with Crippen molar-refractivity contribution < 1.29 is 38.2 Å². The number of esters is 1. The van der Waals surface area contributed by atoms with Gasteiger partial charge in [0.05, 0.1) is 6.42 Å². The lowest BCUT2D eigenvalue weighted by molar-refractivity contribution is -0.159. The Morgan fingerprint density at radius 1 is 1.00 bits per heavy atom. The molecule has 1 saturated carbocycles. The third-order valence-electron chi connectivity index (χ3n) is 11.3. The molecular formula is C41H47FN4O7. The molecule has 0 bridgehead atoms. The minimum Gasteiger partial charge on any atom is -0.479 e. The number of nitrogens with one attached hydrogen (secondary N) is 2. The summed E-state index contributed by atoms with van der Waals surface area (Å²) >= 11 is 0. The van der Waals surface area contributed by atoms with Gasteiger partial charge in [-0.05, 0) is 70.2 Å². The van der Waals surface area contributed by atoms with E-state index in [1.165, 1.54) is 17.0 Å². The number of para-hydroxylation sites is 1. The second-order valence-corrected chi connectivity index (χ2v) is 16.1. The molecule has 12 heteroatoms. The van der Waals surface area contributed by atoms with Gasteiger partial charge in [0, 0.05) is 59.8 Å². The number of allylic oxidation sites excluding steroid dienone is 1. The number of aliphatic carboxylic acids is 1. The molecule has 4 aliphatic rings. The third-order valence-corrected chi connectivity index (χ3v) is 11.3. The first kappa shape index (κ1) is 36.4. The highest BCUT2D eigenvalue weighted by molar-refractivity contribution is 6.10. The molecule has 2 saturated heterocycles. The number of carbonyl (C=O) groups excluding carboxylic acids is 4. The van der Waals surface area contributed by atoms with Gasteiger partial charge in [0.15, 0.2) is 0 Å². The summed E-state index contributed by atoms with van der Waals surface area (Å²) < 4.78 is 19.5. The van der Waals surface area contributed by atoms with Crippen LogP contribution in [0.1, 0.15) is 76.2 Å². The van der Waals surface area contributed by atoms with Crippen LogP contribution in [0.3, 0.4) is 0 Å². The van der Waals surface area contributed by atoms with Crippen molar-refractivity contribution in [2.24, 2.45) is 23.7 Å². The monoisotopic (exact) mass is 726 g/mol. The van der Waals surface area contributed by atoms with Crippen molar-refractivity contribution in [2.45, 2.75) is 82.9 Å². The normalized spacial score (nSPS) is 28.3. The average Bonchev–Trinajstić information content (AvgIpc) is 3.36. The quantitative estimate of drug-likeness (QED) is 0.226. The van der Waals surface area contributed by atoms with Crippen LogP contribution < -0.4 is 5.32 Å². The summed E-state index contributed by atoms with van der Waals surface area (Å²) in [5.74, 6) is -5.03. The Morgan fingerprint density at radius 3 is 2.49 bits per heavy atom. The number of benzene rings is 2. The van der Waals surface area contributed by atoms with Crippen LogP contribution in [-0.2, 0) is 23.9 Å². The summed E-state index contributed by atoms with van der Waals surface area (Å²) in [4.78, 5) is 75.5. The summed E-state index contributed by atoms with van der Waals surface area (Å²) in [6, 6.07) is 12.4. The highest BCUT2D eigenvalue weighted by Gasteiger charge is 2.62. The lowest BCUT2D eigenvalue weighted by Crippen LogP contribution is -2.56. The number of nitrogens with zero attached hydrogens (tertiary/aromatic N) is 2. The second-order valence-electron chi connectivity index (χ2n) is 16.1. The number of fused-ring (bicyclic) bond motifs is 5. The number of amides is 3. The first-order valence-electron chi connectivity index (χ1n) is 18.7. The topological polar surface area (TPSA) is 149 Å². The summed E-state index contributed by atoms with van der Waals surface area (Å²) in [6.07, 6.45) is 7.52. The van der Waals surface area contributed by atoms with E-state index in [1.807, 2.05) is 36.4 Å². The molecule has 53 heavy (non-hydrogen) atoms. The molecule has 2 aromatic carbocycles. The zero-order chi connectivity index (χ0) is 37.7. The van der Waals surface area contributed by atoms with Gasteiger partial charge in [0.1, 0.15) is 28.7 Å². The number of carboxylic acid groups (broad SMARTS) is 1. The van der Waals surface area contributed by atoms with E-state index < -0.39 is 52.7 Å². The van der Waals surface area contributed by atoms with Crippen molar-refractivity contribution in [1.29, 1.82) is 0 Å². The Bertz CT molecular complexity index is 1970. The van der Waals surface area contributed by atoms with Gasteiger partial charge in [-0.25, -0.2) is 9.18 Å². The van der Waals surface area contributed by atoms with Crippen LogP contribution >= 0.6 is 0 Å². The fourth-order valence-corrected chi connectivity index (χ4v) is 8.63. The number of likely N-dealkylation sites (tertiary alicyclic amines) is 1. The Kier molecular flexibility index (Phi) is 9.67. The minimum atomic E-state index is -1.47. The van der Waals surface area contributed by atoms with Crippen LogP contribution in [-0.4, -0.2) is 86.4 Å². The molecule has 7 rings (SSSR count). The highest BCUT2D eigenvalue weighted by atomic mass is 19.1. The van der Waals surface area contributed by atoms with E-state index in [-0.39, 0.29) is 56.1 Å². The average molecular weight is 727 g/mol. The maximum Gasteiger partial charge on any atom is 0.330 e. The molecule has 3 amide bonds. The van der Waals surface area contributed by atoms with Gasteiger partial charge in [0.25, 0.3) is 5.91 Å². The number of rotatable bonds is 5. The molecule has 3 aromatic rings. The lowest BCUT2D eigenvalue weighted by Gasteiger charge is -2.32. The first-order chi connectivity index (χ1) is 25.3. The number of aromatic amines is 1. The smallest absolute Gasteiger partial charge is 0.330 e. The lowest BCUT2D eigenvalue weighted by atomic mass is 9.92. The van der Waals surface area contributed by atoms with Crippen LogP contribution in [0, 0.1) is 29.5 Å². The zero-order valence-corrected chi connectivity index (χ0v) is 30.4. The Labute approximate surface area is 307 Å². The SMILES string of the molecule is CC(C)(C)OC(=O)C[C@@H]1CCCCC/C=C\[C@@H]2C[C@@]2(C(=O)O)NC(=O)[C@@H]2[C@H]3CN(C(=O)c4[nH]c5ccccc5c4-c4ccc(F)cc4)C[C@H]3CN2C1=O. The number of hydrogen-bond acceptors (Lipinski definition) is 6. The van der Waals surface area contributed by atoms with Crippen LogP contribution in [0.15, 0.2) is 60.7 Å². The van der Waals surface area contributed by atoms with Gasteiger partial charge < -0.3 is 29.9 Å². The molecule has 0 radical (unpaired) electrons. The number of aromatic nitrogens is 1. The Morgan fingerprint density at radius 2 is 1.75 bits per heavy atom. The van der Waals surface area contributed by atoms with Crippen molar-refractivity contribution in [2.75, 3.05) is 19.6 Å². The number of halogens is 1. The number of carbonyl (C=O) groups is 5. The second kappa shape index (κ2) is 14.1. The standard InChI is InChI=1S/C41H47FN4O7/c1-40(2,3)53-32(47)19-25-11-7-5-4-6-8-12-27-20-41(27,39(51)52)44-36(48)35-30-23-45(21-26(30)22-46(35)37(25)49)38(50)34-33(24-15-17-28(42)18-16-24)29-13-9-10-14-31(29)43-34/h8-10,12-18,25-27,30,35,43H,4-7,11,19-23H2,1-3H3,(H,44,48)(H,51,52)/b12-8-/t25-,26-,27+,30-,35-,41+/m0/s1. The van der Waals surface area contributed by atoms with E-state index >= 15 is 0 Å². The molecule has 3 fully saturated rings. The van der Waals surface area contributed by atoms with E-state index in [9.17, 15) is 33.5 Å². The van der Waals surface area contributed by atoms with Gasteiger partial charge in [-0.15, -0.1) is 0 Å². The predicted octanol–water partition coefficient (Wildman–Crippen LogP) is 5.70. The van der Waals surface area contributed by atoms with Gasteiger partial charge in [0.2, 0.25) is 11.8 Å². The van der Waals surface area contributed by atoms with Crippen molar-refractivity contribution in [3.8, 4) is 11.1 Å². The number of H-pyrrole nitrogens is 1. The van der Waals surface area contributed by atoms with Crippen molar-refractivity contribution >= 4 is 40.6 Å². The molecule has 3 aliphatic heterocycles. The number of ether oxygens (including phenoxy) is 1. The number of hydrogen-bond donors (Lipinski definition) is 3. The zero-order valence-electron chi connectivity index (χ0n) is 30.4. The van der Waals surface area contributed by atoms with E-state index in [0.717, 1.165) is 30.2 Å². The third kappa shape index (κ3) is 7.20. The summed E-state index contributed by atoms with van der Waals surface area (Å²) in [5, 5.41) is 13.9. The maximum atomic E-state index is 14.5. The van der Waals surface area contributed by atoms with Crippen LogP contribution in [0.5, 0.6) is 0 Å². The molecule has 1 aliphatic carbocycles. The first-order valence-corrected chi connectivity index (χ1v) is 18.7. The molecule has 0 unspecified atom stereocenters. The molecule has 1 aromatic heterocycles.